The highest BCUT2D eigenvalue weighted by Gasteiger charge is 2.65. The number of aromatic nitrogens is 1. The van der Waals surface area contributed by atoms with E-state index >= 15 is 0 Å². The topological polar surface area (TPSA) is 75.8 Å². The summed E-state index contributed by atoms with van der Waals surface area (Å²) >= 11 is 0. The molecule has 0 radical (unpaired) electrons. The molecule has 1 aromatic rings. The minimum absolute atomic E-state index is 0.0722. The molecule has 2 aliphatic heterocycles. The lowest BCUT2D eigenvalue weighted by atomic mass is 10.0. The molecule has 3 heterocycles. The highest BCUT2D eigenvalue weighted by atomic mass is 28.4. The summed E-state index contributed by atoms with van der Waals surface area (Å²) in [6, 6.07) is 3.82. The number of nitrogens with zero attached hydrogens (tertiary/aromatic N) is 1. The van der Waals surface area contributed by atoms with Gasteiger partial charge in [-0.05, 0) is 24.2 Å². The summed E-state index contributed by atoms with van der Waals surface area (Å²) in [7, 11) is -4.75. The first-order valence-corrected chi connectivity index (χ1v) is 16.5. The first-order chi connectivity index (χ1) is 14.4. The molecule has 0 unspecified atom stereocenters. The van der Waals surface area contributed by atoms with Crippen molar-refractivity contribution in [3.8, 4) is 0 Å². The van der Waals surface area contributed by atoms with Gasteiger partial charge in [0.05, 0.1) is 6.61 Å². The van der Waals surface area contributed by atoms with E-state index in [9.17, 15) is 0 Å². The molecule has 3 rings (SSSR count). The number of hydrogen-bond donors (Lipinski definition) is 1. The van der Waals surface area contributed by atoms with Gasteiger partial charge in [-0.15, -0.1) is 0 Å². The minimum Gasteiger partial charge on any atom is -0.408 e. The van der Waals surface area contributed by atoms with Crippen molar-refractivity contribution in [2.45, 2.75) is 115 Å². The van der Waals surface area contributed by atoms with Gasteiger partial charge in [0.25, 0.3) is 0 Å². The highest BCUT2D eigenvalue weighted by Crippen LogP contribution is 2.57. The lowest BCUT2D eigenvalue weighted by molar-refractivity contribution is -0.0716. The van der Waals surface area contributed by atoms with Crippen molar-refractivity contribution in [2.24, 2.45) is 0 Å². The van der Waals surface area contributed by atoms with E-state index in [1.54, 1.807) is 6.20 Å². The van der Waals surface area contributed by atoms with Crippen LogP contribution < -0.4 is 5.73 Å². The number of rotatable bonds is 3. The first kappa shape index (κ1) is 25.8. The second kappa shape index (κ2) is 8.17. The van der Waals surface area contributed by atoms with E-state index in [1.807, 2.05) is 12.1 Å². The fraction of sp³-hybridized carbons (Fsp3) is 0.792. The van der Waals surface area contributed by atoms with Crippen LogP contribution in [-0.2, 0) is 18.0 Å². The molecule has 0 aromatic carbocycles. The van der Waals surface area contributed by atoms with Crippen LogP contribution in [0.3, 0.4) is 0 Å². The minimum atomic E-state index is -2.65. The molecule has 0 saturated carbocycles. The monoisotopic (exact) mass is 480 g/mol. The lowest BCUT2D eigenvalue weighted by Gasteiger charge is -2.54. The van der Waals surface area contributed by atoms with Crippen LogP contribution in [0.1, 0.15) is 74.0 Å². The molecule has 32 heavy (non-hydrogen) atoms. The van der Waals surface area contributed by atoms with E-state index in [1.165, 1.54) is 0 Å². The number of pyridine rings is 1. The van der Waals surface area contributed by atoms with Crippen LogP contribution in [0.4, 0.5) is 5.82 Å². The molecular weight excluding hydrogens is 436 g/mol. The van der Waals surface area contributed by atoms with E-state index < -0.39 is 16.9 Å². The third-order valence-electron chi connectivity index (χ3n) is 7.41. The Kier molecular flexibility index (Phi) is 6.59. The highest BCUT2D eigenvalue weighted by molar-refractivity contribution is 6.74. The summed E-state index contributed by atoms with van der Waals surface area (Å²) in [6.45, 7) is 25.3. The van der Waals surface area contributed by atoms with Crippen LogP contribution in [0.5, 0.6) is 0 Å². The fourth-order valence-corrected chi connectivity index (χ4v) is 11.1. The molecule has 0 aliphatic carbocycles. The van der Waals surface area contributed by atoms with E-state index in [0.29, 0.717) is 12.4 Å². The van der Waals surface area contributed by atoms with E-state index in [0.717, 1.165) is 5.56 Å². The maximum Gasteiger partial charge on any atom is 0.349 e. The SMILES string of the molecule is CC(C)(C)[Si](C)(C)O[C@@H]1[C@@H]2O[Si](C(C)(C)C)(C(C)(C)C)OC[C@H]2O[C@H]1c1ccc(N)nc1. The molecule has 2 fully saturated rings. The lowest BCUT2D eigenvalue weighted by Crippen LogP contribution is -2.66. The van der Waals surface area contributed by atoms with Crippen molar-refractivity contribution in [2.75, 3.05) is 12.3 Å². The number of nitrogen functional groups attached to an aromatic ring is 1. The summed E-state index contributed by atoms with van der Waals surface area (Å²) in [6.07, 6.45) is 0.980. The van der Waals surface area contributed by atoms with E-state index in [2.05, 4.69) is 80.4 Å². The zero-order chi connectivity index (χ0) is 24.3. The van der Waals surface area contributed by atoms with Crippen LogP contribution in [0.2, 0.25) is 28.2 Å². The van der Waals surface area contributed by atoms with Crippen LogP contribution in [0, 0.1) is 0 Å². The van der Waals surface area contributed by atoms with Crippen molar-refractivity contribution in [1.82, 2.24) is 4.98 Å². The van der Waals surface area contributed by atoms with Gasteiger partial charge in [-0.1, -0.05) is 68.4 Å². The van der Waals surface area contributed by atoms with Crippen LogP contribution in [0.15, 0.2) is 18.3 Å². The Labute approximate surface area is 196 Å². The average molecular weight is 481 g/mol. The molecule has 0 bridgehead atoms. The molecule has 182 valence electrons. The zero-order valence-corrected chi connectivity index (χ0v) is 23.9. The summed E-state index contributed by atoms with van der Waals surface area (Å²) in [5.41, 5.74) is 6.82. The third-order valence-corrected chi connectivity index (χ3v) is 17.0. The van der Waals surface area contributed by atoms with Gasteiger partial charge >= 0.3 is 8.56 Å². The summed E-state index contributed by atoms with van der Waals surface area (Å²) in [5, 5.41) is -0.125. The van der Waals surface area contributed by atoms with Crippen LogP contribution in [0.25, 0.3) is 0 Å². The molecule has 8 heteroatoms. The van der Waals surface area contributed by atoms with E-state index in [4.69, 9.17) is 23.7 Å². The van der Waals surface area contributed by atoms with Crippen molar-refractivity contribution in [3.05, 3.63) is 23.9 Å². The largest absolute Gasteiger partial charge is 0.408 e. The summed E-state index contributed by atoms with van der Waals surface area (Å²) in [4.78, 5) is 4.32. The van der Waals surface area contributed by atoms with Gasteiger partial charge in [-0.2, -0.15) is 0 Å². The number of anilines is 1. The van der Waals surface area contributed by atoms with Crippen LogP contribution >= 0.6 is 0 Å². The second-order valence-corrected chi connectivity index (χ2v) is 22.5. The standard InChI is InChI=1S/C24H44N2O4Si2/c1-22(2,3)31(10,11)29-21-19(16-12-13-18(25)26-14-16)28-17-15-27-32(23(4,5)6,24(7,8)9)30-20(17)21/h12-14,17,19-21H,15H2,1-11H3,(H2,25,26)/t17-,19+,20-,21+/m1/s1. The molecule has 1 aromatic heterocycles. The van der Waals surface area contributed by atoms with Crippen molar-refractivity contribution < 1.29 is 18.0 Å². The Morgan fingerprint density at radius 1 is 1.03 bits per heavy atom. The molecule has 0 spiro atoms. The quantitative estimate of drug-likeness (QED) is 0.539. The Bertz CT molecular complexity index is 795. The normalized spacial score (nSPS) is 29.1. The number of ether oxygens (including phenoxy) is 1. The van der Waals surface area contributed by atoms with Gasteiger partial charge in [0.2, 0.25) is 0 Å². The van der Waals surface area contributed by atoms with Crippen molar-refractivity contribution >= 4 is 22.7 Å². The smallest absolute Gasteiger partial charge is 0.349 e. The zero-order valence-electron chi connectivity index (χ0n) is 21.9. The van der Waals surface area contributed by atoms with Gasteiger partial charge in [0.1, 0.15) is 30.2 Å². The number of hydrogen-bond acceptors (Lipinski definition) is 6. The van der Waals surface area contributed by atoms with Crippen molar-refractivity contribution in [1.29, 1.82) is 0 Å². The summed E-state index contributed by atoms with van der Waals surface area (Å²) < 4.78 is 27.4. The molecule has 6 nitrogen and oxygen atoms in total. The van der Waals surface area contributed by atoms with Gasteiger partial charge in [-0.25, -0.2) is 4.98 Å². The third kappa shape index (κ3) is 4.46. The Morgan fingerprint density at radius 3 is 2.09 bits per heavy atom. The maximum atomic E-state index is 7.12. The predicted molar refractivity (Wildman–Crippen MR) is 134 cm³/mol. The second-order valence-electron chi connectivity index (χ2n) is 13.0. The predicted octanol–water partition coefficient (Wildman–Crippen LogP) is 5.95. The van der Waals surface area contributed by atoms with Gasteiger partial charge in [0.15, 0.2) is 8.32 Å². The molecule has 2 saturated heterocycles. The molecule has 2 N–H and O–H groups in total. The Hall–Kier alpha value is -0.776. The van der Waals surface area contributed by atoms with E-state index in [-0.39, 0.29) is 39.5 Å². The Balaban J connectivity index is 2.05. The fourth-order valence-electron chi connectivity index (χ4n) is 4.84. The summed E-state index contributed by atoms with van der Waals surface area (Å²) in [5.74, 6) is 0.498. The average Bonchev–Trinajstić information content (AvgIpc) is 2.96. The maximum absolute atomic E-state index is 7.12. The Morgan fingerprint density at radius 2 is 1.62 bits per heavy atom. The van der Waals surface area contributed by atoms with Crippen LogP contribution in [-0.4, -0.2) is 46.8 Å². The van der Waals surface area contributed by atoms with Crippen molar-refractivity contribution in [3.63, 3.8) is 0 Å². The molecule has 2 aliphatic rings. The molecule has 0 amide bonds. The van der Waals surface area contributed by atoms with Gasteiger partial charge in [0, 0.05) is 21.8 Å². The number of nitrogens with two attached hydrogens (primary N) is 1. The molecule has 4 atom stereocenters. The molecular formula is C24H44N2O4Si2. The number of fused-ring (bicyclic) bond motifs is 1. The van der Waals surface area contributed by atoms with Gasteiger partial charge in [-0.3, -0.25) is 0 Å². The first-order valence-electron chi connectivity index (χ1n) is 11.8. The van der Waals surface area contributed by atoms with Gasteiger partial charge < -0.3 is 23.7 Å².